The van der Waals surface area contributed by atoms with E-state index in [1.807, 2.05) is 6.92 Å². The predicted molar refractivity (Wildman–Crippen MR) is 59.0 cm³/mol. The highest BCUT2D eigenvalue weighted by Crippen LogP contribution is 2.27. The molecular weight excluding hydrogens is 174 g/mol. The van der Waals surface area contributed by atoms with Crippen LogP contribution < -0.4 is 0 Å². The summed E-state index contributed by atoms with van der Waals surface area (Å²) >= 11 is 0. The van der Waals surface area contributed by atoms with Crippen LogP contribution in [0.25, 0.3) is 0 Å². The lowest BCUT2D eigenvalue weighted by Crippen LogP contribution is -2.42. The monoisotopic (exact) mass is 197 g/mol. The van der Waals surface area contributed by atoms with Gasteiger partial charge in [0, 0.05) is 18.0 Å². The quantitative estimate of drug-likeness (QED) is 0.666. The first kappa shape index (κ1) is 11.5. The third kappa shape index (κ3) is 2.10. The highest BCUT2D eigenvalue weighted by atomic mass is 16.2. The molecule has 0 bridgehead atoms. The average Bonchev–Trinajstić information content (AvgIpc) is 2.44. The van der Waals surface area contributed by atoms with Crippen LogP contribution in [0.15, 0.2) is 0 Å². The van der Waals surface area contributed by atoms with E-state index in [-0.39, 0.29) is 5.92 Å². The Labute approximate surface area is 87.7 Å². The smallest absolute Gasteiger partial charge is 0.226 e. The molecule has 1 aliphatic rings. The molecule has 3 atom stereocenters. The minimum absolute atomic E-state index is 0.165. The summed E-state index contributed by atoms with van der Waals surface area (Å²) in [5, 5.41) is 0. The summed E-state index contributed by atoms with van der Waals surface area (Å²) in [5.41, 5.74) is 0. The van der Waals surface area contributed by atoms with Crippen molar-refractivity contribution in [3.8, 4) is 0 Å². The van der Waals surface area contributed by atoms with E-state index in [0.29, 0.717) is 23.9 Å². The third-order valence-electron chi connectivity index (χ3n) is 3.60. The number of likely N-dealkylation sites (tertiary alicyclic amines) is 1. The van der Waals surface area contributed by atoms with Gasteiger partial charge < -0.3 is 4.90 Å². The fourth-order valence-electron chi connectivity index (χ4n) is 2.15. The Morgan fingerprint density at radius 2 is 1.57 bits per heavy atom. The maximum absolute atomic E-state index is 12.1. The van der Waals surface area contributed by atoms with Crippen LogP contribution in [-0.2, 0) is 4.79 Å². The van der Waals surface area contributed by atoms with Crippen LogP contribution in [0.3, 0.4) is 0 Å². The molecule has 0 N–H and O–H groups in total. The van der Waals surface area contributed by atoms with Crippen molar-refractivity contribution >= 4 is 5.91 Å². The van der Waals surface area contributed by atoms with Crippen molar-refractivity contribution in [2.45, 2.75) is 59.5 Å². The molecule has 1 aliphatic heterocycles. The maximum atomic E-state index is 12.1. The van der Waals surface area contributed by atoms with Crippen molar-refractivity contribution in [3.63, 3.8) is 0 Å². The number of carbonyl (C=O) groups is 1. The zero-order valence-electron chi connectivity index (χ0n) is 10.1. The first-order chi connectivity index (χ1) is 6.45. The predicted octanol–water partition coefficient (Wildman–Crippen LogP) is 2.68. The highest BCUT2D eigenvalue weighted by molar-refractivity contribution is 5.79. The second kappa shape index (κ2) is 4.33. The lowest BCUT2D eigenvalue weighted by molar-refractivity contribution is -0.138. The fraction of sp³-hybridized carbons (Fsp3) is 0.917. The van der Waals surface area contributed by atoms with Gasteiger partial charge in [-0.25, -0.2) is 0 Å². The van der Waals surface area contributed by atoms with Crippen LogP contribution >= 0.6 is 0 Å². The van der Waals surface area contributed by atoms with Gasteiger partial charge in [-0.2, -0.15) is 0 Å². The Morgan fingerprint density at radius 3 is 1.93 bits per heavy atom. The fourth-order valence-corrected chi connectivity index (χ4v) is 2.15. The molecule has 0 aromatic carbocycles. The number of hydrogen-bond acceptors (Lipinski definition) is 1. The van der Waals surface area contributed by atoms with Crippen LogP contribution in [0.2, 0.25) is 0 Å². The van der Waals surface area contributed by atoms with E-state index < -0.39 is 0 Å². The molecule has 0 spiro atoms. The molecule has 2 heteroatoms. The van der Waals surface area contributed by atoms with E-state index in [0.717, 1.165) is 12.8 Å². The van der Waals surface area contributed by atoms with Gasteiger partial charge in [0.15, 0.2) is 0 Å². The van der Waals surface area contributed by atoms with Gasteiger partial charge in [0.05, 0.1) is 0 Å². The molecule has 1 amide bonds. The van der Waals surface area contributed by atoms with Crippen LogP contribution in [0.1, 0.15) is 47.5 Å². The Bertz CT molecular complexity index is 202. The lowest BCUT2D eigenvalue weighted by atomic mass is 9.96. The van der Waals surface area contributed by atoms with Gasteiger partial charge in [-0.05, 0) is 32.6 Å². The number of hydrogen-bond donors (Lipinski definition) is 0. The van der Waals surface area contributed by atoms with E-state index in [4.69, 9.17) is 0 Å². The van der Waals surface area contributed by atoms with E-state index in [1.165, 1.54) is 0 Å². The molecule has 2 nitrogen and oxygen atoms in total. The van der Waals surface area contributed by atoms with Gasteiger partial charge in [0.25, 0.3) is 0 Å². The first-order valence-electron chi connectivity index (χ1n) is 5.77. The van der Waals surface area contributed by atoms with Gasteiger partial charge in [-0.1, -0.05) is 20.8 Å². The Kier molecular flexibility index (Phi) is 3.57. The van der Waals surface area contributed by atoms with Crippen molar-refractivity contribution in [1.29, 1.82) is 0 Å². The molecule has 0 aromatic rings. The van der Waals surface area contributed by atoms with E-state index in [2.05, 4.69) is 32.6 Å². The molecular formula is C12H23NO. The normalized spacial score (nSPS) is 29.7. The summed E-state index contributed by atoms with van der Waals surface area (Å²) in [5.74, 6) is 0.956. The summed E-state index contributed by atoms with van der Waals surface area (Å²) in [6.07, 6.45) is 2.33. The summed E-state index contributed by atoms with van der Waals surface area (Å²) < 4.78 is 0. The zero-order valence-corrected chi connectivity index (χ0v) is 10.1. The van der Waals surface area contributed by atoms with Gasteiger partial charge >= 0.3 is 0 Å². The van der Waals surface area contributed by atoms with Gasteiger partial charge in [-0.3, -0.25) is 4.79 Å². The first-order valence-corrected chi connectivity index (χ1v) is 5.77. The van der Waals surface area contributed by atoms with Gasteiger partial charge in [0.1, 0.15) is 0 Å². The SMILES string of the molecule is CC(C)C(C)C(=O)N1C(C)CC[C@H]1C. The van der Waals surface area contributed by atoms with Crippen molar-refractivity contribution in [1.82, 2.24) is 4.90 Å². The van der Waals surface area contributed by atoms with Crippen LogP contribution in [0, 0.1) is 11.8 Å². The minimum atomic E-state index is 0.165. The summed E-state index contributed by atoms with van der Waals surface area (Å²) in [7, 11) is 0. The largest absolute Gasteiger partial charge is 0.337 e. The summed E-state index contributed by atoms with van der Waals surface area (Å²) in [6, 6.07) is 0.886. The number of amides is 1. The minimum Gasteiger partial charge on any atom is -0.337 e. The van der Waals surface area contributed by atoms with Crippen molar-refractivity contribution in [2.75, 3.05) is 0 Å². The summed E-state index contributed by atoms with van der Waals surface area (Å²) in [6.45, 7) is 10.6. The lowest BCUT2D eigenvalue weighted by Gasteiger charge is -2.30. The molecule has 1 heterocycles. The van der Waals surface area contributed by atoms with E-state index in [9.17, 15) is 4.79 Å². The second-order valence-corrected chi connectivity index (χ2v) is 5.05. The Balaban J connectivity index is 2.68. The zero-order chi connectivity index (χ0) is 10.9. The Hall–Kier alpha value is -0.530. The molecule has 0 radical (unpaired) electrons. The van der Waals surface area contributed by atoms with Crippen molar-refractivity contribution in [2.24, 2.45) is 11.8 Å². The second-order valence-electron chi connectivity index (χ2n) is 5.05. The standard InChI is InChI=1S/C12H23NO/c1-8(2)11(5)12(14)13-9(3)6-7-10(13)4/h8-11H,6-7H2,1-5H3/t9-,10?,11?/m1/s1. The molecule has 0 saturated carbocycles. The molecule has 0 aliphatic carbocycles. The molecule has 1 saturated heterocycles. The Morgan fingerprint density at radius 1 is 1.14 bits per heavy atom. The van der Waals surface area contributed by atoms with E-state index >= 15 is 0 Å². The van der Waals surface area contributed by atoms with Crippen LogP contribution in [0.4, 0.5) is 0 Å². The average molecular weight is 197 g/mol. The van der Waals surface area contributed by atoms with Crippen LogP contribution in [-0.4, -0.2) is 22.9 Å². The molecule has 2 unspecified atom stereocenters. The number of carbonyl (C=O) groups excluding carboxylic acids is 1. The molecule has 1 fully saturated rings. The van der Waals surface area contributed by atoms with E-state index in [1.54, 1.807) is 0 Å². The van der Waals surface area contributed by atoms with Crippen LogP contribution in [0.5, 0.6) is 0 Å². The molecule has 14 heavy (non-hydrogen) atoms. The molecule has 82 valence electrons. The topological polar surface area (TPSA) is 20.3 Å². The van der Waals surface area contributed by atoms with Crippen molar-refractivity contribution in [3.05, 3.63) is 0 Å². The molecule has 1 rings (SSSR count). The van der Waals surface area contributed by atoms with Gasteiger partial charge in [0.2, 0.25) is 5.91 Å². The summed E-state index contributed by atoms with van der Waals surface area (Å²) in [4.78, 5) is 14.2. The third-order valence-corrected chi connectivity index (χ3v) is 3.60. The molecule has 0 aromatic heterocycles. The van der Waals surface area contributed by atoms with Crippen molar-refractivity contribution < 1.29 is 4.79 Å². The number of nitrogens with zero attached hydrogens (tertiary/aromatic N) is 1. The maximum Gasteiger partial charge on any atom is 0.226 e. The number of rotatable bonds is 2. The van der Waals surface area contributed by atoms with Gasteiger partial charge in [-0.15, -0.1) is 0 Å². The highest BCUT2D eigenvalue weighted by Gasteiger charge is 2.34.